The first kappa shape index (κ1) is 30.3. The number of aromatic hydroxyl groups is 1. The number of fused-ring (bicyclic) bond motifs is 5. The summed E-state index contributed by atoms with van der Waals surface area (Å²) in [6, 6.07) is 6.50. The number of aromatic nitrogens is 3. The van der Waals surface area contributed by atoms with Crippen molar-refractivity contribution in [1.82, 2.24) is 19.4 Å². The molecule has 0 unspecified atom stereocenters. The summed E-state index contributed by atoms with van der Waals surface area (Å²) in [5.74, 6) is -1.83. The van der Waals surface area contributed by atoms with Crippen LogP contribution in [-0.4, -0.2) is 61.5 Å². The van der Waals surface area contributed by atoms with Gasteiger partial charge in [-0.1, -0.05) is 38.1 Å². The molecule has 10 nitrogen and oxygen atoms in total. The standard InChI is InChI=1S/C33H32ClFN6O4/c1-6-25(44)39-15-19-12-24(43)37-29-31(40(19)14-18(39)5)20-13-21(34)28(26-22(35)8-7-9-23(26)42)38-32(20)41(33(29)45)30-17(4)10-11-36-27(30)16(2)3/h6-11,13,16,18-19,42H,1,12,14-15H2,2-5H3,(H,37,43)/t18-,19+/m1/s1. The third-order valence-electron chi connectivity index (χ3n) is 8.50. The number of nitrogens with one attached hydrogen (secondary N) is 1. The summed E-state index contributed by atoms with van der Waals surface area (Å²) in [4.78, 5) is 53.7. The topological polar surface area (TPSA) is 121 Å². The highest BCUT2D eigenvalue weighted by atomic mass is 35.5. The first-order valence-corrected chi connectivity index (χ1v) is 15.0. The van der Waals surface area contributed by atoms with Gasteiger partial charge in [-0.25, -0.2) is 9.37 Å². The van der Waals surface area contributed by atoms with Gasteiger partial charge in [-0.3, -0.25) is 23.9 Å². The fourth-order valence-corrected chi connectivity index (χ4v) is 6.65. The number of anilines is 2. The van der Waals surface area contributed by atoms with Gasteiger partial charge in [0.1, 0.15) is 17.3 Å². The van der Waals surface area contributed by atoms with E-state index in [0.717, 1.165) is 5.56 Å². The number of amides is 2. The van der Waals surface area contributed by atoms with E-state index in [1.807, 2.05) is 32.6 Å². The predicted octanol–water partition coefficient (Wildman–Crippen LogP) is 5.31. The van der Waals surface area contributed by atoms with Crippen LogP contribution in [0.3, 0.4) is 0 Å². The Labute approximate surface area is 263 Å². The average molecular weight is 631 g/mol. The molecule has 6 rings (SSSR count). The number of halogens is 2. The minimum atomic E-state index is -0.739. The van der Waals surface area contributed by atoms with Crippen molar-refractivity contribution in [3.63, 3.8) is 0 Å². The number of carbonyl (C=O) groups is 2. The molecule has 4 aromatic rings. The van der Waals surface area contributed by atoms with Crippen LogP contribution in [0.1, 0.15) is 44.4 Å². The van der Waals surface area contributed by atoms with E-state index in [1.165, 1.54) is 28.8 Å². The Morgan fingerprint density at radius 1 is 1.22 bits per heavy atom. The molecule has 2 amide bonds. The largest absolute Gasteiger partial charge is 0.507 e. The molecule has 2 aliphatic rings. The molecule has 5 heterocycles. The van der Waals surface area contributed by atoms with Crippen LogP contribution in [0.15, 0.2) is 54.0 Å². The summed E-state index contributed by atoms with van der Waals surface area (Å²) in [6.07, 6.45) is 2.93. The van der Waals surface area contributed by atoms with Crippen LogP contribution >= 0.6 is 11.6 Å². The minimum absolute atomic E-state index is 0.0226. The maximum absolute atomic E-state index is 15.2. The molecule has 2 atom stereocenters. The minimum Gasteiger partial charge on any atom is -0.507 e. The summed E-state index contributed by atoms with van der Waals surface area (Å²) < 4.78 is 16.6. The Morgan fingerprint density at radius 2 is 1.98 bits per heavy atom. The van der Waals surface area contributed by atoms with Gasteiger partial charge in [0.05, 0.1) is 39.4 Å². The molecule has 12 heteroatoms. The summed E-state index contributed by atoms with van der Waals surface area (Å²) in [5, 5.41) is 14.0. The number of benzene rings is 1. The molecule has 3 aromatic heterocycles. The lowest BCUT2D eigenvalue weighted by atomic mass is 10.0. The Balaban J connectivity index is 1.75. The predicted molar refractivity (Wildman–Crippen MR) is 172 cm³/mol. The second kappa shape index (κ2) is 11.3. The van der Waals surface area contributed by atoms with Crippen molar-refractivity contribution in [3.8, 4) is 22.7 Å². The number of carbonyl (C=O) groups excluding carboxylic acids is 2. The first-order valence-electron chi connectivity index (χ1n) is 14.6. The van der Waals surface area contributed by atoms with E-state index in [0.29, 0.717) is 29.0 Å². The van der Waals surface area contributed by atoms with Gasteiger partial charge in [-0.2, -0.15) is 0 Å². The number of nitrogens with zero attached hydrogens (tertiary/aromatic N) is 5. The molecule has 0 radical (unpaired) electrons. The van der Waals surface area contributed by atoms with E-state index in [9.17, 15) is 19.5 Å². The molecular formula is C33H32ClFN6O4. The van der Waals surface area contributed by atoms with Crippen LogP contribution in [-0.2, 0) is 9.59 Å². The van der Waals surface area contributed by atoms with E-state index in [1.54, 1.807) is 23.2 Å². The molecular weight excluding hydrogens is 599 g/mol. The molecule has 1 aromatic carbocycles. The van der Waals surface area contributed by atoms with Crippen molar-refractivity contribution < 1.29 is 19.1 Å². The van der Waals surface area contributed by atoms with Crippen molar-refractivity contribution in [3.05, 3.63) is 81.6 Å². The van der Waals surface area contributed by atoms with Crippen LogP contribution in [0, 0.1) is 12.7 Å². The molecule has 2 aliphatic heterocycles. The lowest BCUT2D eigenvalue weighted by molar-refractivity contribution is -0.129. The van der Waals surface area contributed by atoms with Gasteiger partial charge in [0.2, 0.25) is 11.8 Å². The summed E-state index contributed by atoms with van der Waals surface area (Å²) >= 11 is 6.82. The zero-order chi connectivity index (χ0) is 32.3. The highest BCUT2D eigenvalue weighted by molar-refractivity contribution is 6.34. The molecule has 45 heavy (non-hydrogen) atoms. The van der Waals surface area contributed by atoms with Crippen molar-refractivity contribution in [1.29, 1.82) is 0 Å². The number of phenolic OH excluding ortho intramolecular Hbond substituents is 1. The number of hydrogen-bond donors (Lipinski definition) is 2. The second-order valence-corrected chi connectivity index (χ2v) is 12.2. The van der Waals surface area contributed by atoms with Gasteiger partial charge in [0, 0.05) is 37.1 Å². The summed E-state index contributed by atoms with van der Waals surface area (Å²) in [6.45, 7) is 11.8. The number of piperazine rings is 1. The van der Waals surface area contributed by atoms with E-state index >= 15 is 4.39 Å². The maximum atomic E-state index is 15.2. The number of aryl methyl sites for hydroxylation is 1. The van der Waals surface area contributed by atoms with Crippen LogP contribution in [0.4, 0.5) is 15.8 Å². The number of rotatable bonds is 4. The Morgan fingerprint density at radius 3 is 2.67 bits per heavy atom. The SMILES string of the molecule is C=CC(=O)N1C[C@@H]2CC(=O)Nc3c(c4cc(Cl)c(-c5c(O)cccc5F)nc4n(-c4c(C)ccnc4C(C)C)c3=O)N2C[C@H]1C. The summed E-state index contributed by atoms with van der Waals surface area (Å²) in [7, 11) is 0. The van der Waals surface area contributed by atoms with Crippen LogP contribution in [0.2, 0.25) is 5.02 Å². The monoisotopic (exact) mass is 630 g/mol. The van der Waals surface area contributed by atoms with Gasteiger partial charge in [0.25, 0.3) is 5.56 Å². The quantitative estimate of drug-likeness (QED) is 0.293. The van der Waals surface area contributed by atoms with Crippen molar-refractivity contribution in [2.75, 3.05) is 23.3 Å². The van der Waals surface area contributed by atoms with E-state index in [-0.39, 0.29) is 70.1 Å². The zero-order valence-electron chi connectivity index (χ0n) is 25.3. The van der Waals surface area contributed by atoms with Crippen LogP contribution < -0.4 is 15.8 Å². The van der Waals surface area contributed by atoms with E-state index in [4.69, 9.17) is 16.6 Å². The molecule has 1 saturated heterocycles. The Bertz CT molecular complexity index is 1960. The highest BCUT2D eigenvalue weighted by Crippen LogP contribution is 2.43. The highest BCUT2D eigenvalue weighted by Gasteiger charge is 2.40. The Kier molecular flexibility index (Phi) is 7.60. The van der Waals surface area contributed by atoms with Crippen molar-refractivity contribution >= 4 is 45.8 Å². The molecule has 0 saturated carbocycles. The van der Waals surface area contributed by atoms with Gasteiger partial charge in [-0.05, 0) is 55.7 Å². The maximum Gasteiger partial charge on any atom is 0.282 e. The summed E-state index contributed by atoms with van der Waals surface area (Å²) in [5.41, 5.74) is 1.61. The van der Waals surface area contributed by atoms with Crippen LogP contribution in [0.25, 0.3) is 28.0 Å². The van der Waals surface area contributed by atoms with Gasteiger partial charge < -0.3 is 20.2 Å². The van der Waals surface area contributed by atoms with E-state index in [2.05, 4.69) is 16.9 Å². The van der Waals surface area contributed by atoms with Gasteiger partial charge >= 0.3 is 0 Å². The fourth-order valence-electron chi connectivity index (χ4n) is 6.41. The molecule has 0 aliphatic carbocycles. The van der Waals surface area contributed by atoms with Crippen molar-refractivity contribution in [2.24, 2.45) is 0 Å². The zero-order valence-corrected chi connectivity index (χ0v) is 26.0. The molecule has 1 fully saturated rings. The smallest absolute Gasteiger partial charge is 0.282 e. The van der Waals surface area contributed by atoms with Crippen molar-refractivity contribution in [2.45, 2.75) is 52.1 Å². The first-order chi connectivity index (χ1) is 21.4. The number of phenols is 1. The fraction of sp³-hybridized carbons (Fsp3) is 0.303. The molecule has 2 N–H and O–H groups in total. The Hall–Kier alpha value is -4.77. The average Bonchev–Trinajstić information content (AvgIpc) is 3.13. The lowest BCUT2D eigenvalue weighted by Gasteiger charge is -2.45. The van der Waals surface area contributed by atoms with Gasteiger partial charge in [-0.15, -0.1) is 0 Å². The van der Waals surface area contributed by atoms with E-state index < -0.39 is 17.4 Å². The molecule has 232 valence electrons. The lowest BCUT2D eigenvalue weighted by Crippen LogP contribution is -2.59. The number of hydrogen-bond acceptors (Lipinski definition) is 7. The van der Waals surface area contributed by atoms with Crippen LogP contribution in [0.5, 0.6) is 5.75 Å². The molecule has 0 spiro atoms. The molecule has 0 bridgehead atoms. The normalized spacial score (nSPS) is 18.0. The number of pyridine rings is 3. The third kappa shape index (κ3) is 4.91. The third-order valence-corrected chi connectivity index (χ3v) is 8.79. The van der Waals surface area contributed by atoms with Gasteiger partial charge in [0.15, 0.2) is 5.65 Å². The second-order valence-electron chi connectivity index (χ2n) is 11.8.